The minimum Gasteiger partial charge on any atom is -0.351 e. The van der Waals surface area contributed by atoms with Gasteiger partial charge >= 0.3 is 0 Å². The van der Waals surface area contributed by atoms with E-state index in [0.717, 1.165) is 31.4 Å². The summed E-state index contributed by atoms with van der Waals surface area (Å²) in [7, 11) is 0. The maximum atomic E-state index is 13.1. The van der Waals surface area contributed by atoms with Crippen LogP contribution in [0.2, 0.25) is 0 Å². The highest BCUT2D eigenvalue weighted by molar-refractivity contribution is 5.82. The van der Waals surface area contributed by atoms with E-state index in [2.05, 4.69) is 25.6 Å². The van der Waals surface area contributed by atoms with Gasteiger partial charge in [-0.3, -0.25) is 0 Å². The highest BCUT2D eigenvalue weighted by Crippen LogP contribution is 2.20. The van der Waals surface area contributed by atoms with E-state index in [1.807, 2.05) is 0 Å². The van der Waals surface area contributed by atoms with Gasteiger partial charge in [-0.2, -0.15) is 9.67 Å². The number of aromatic nitrogens is 5. The molecule has 24 heavy (non-hydrogen) atoms. The number of hydrogen-bond acceptors (Lipinski definition) is 6. The highest BCUT2D eigenvalue weighted by Gasteiger charge is 2.18. The van der Waals surface area contributed by atoms with Gasteiger partial charge in [-0.1, -0.05) is 5.21 Å². The molecule has 1 saturated carbocycles. The molecule has 1 aliphatic carbocycles. The Morgan fingerprint density at radius 1 is 1.17 bits per heavy atom. The molecule has 0 atom stereocenters. The molecule has 8 heteroatoms. The molecule has 2 N–H and O–H groups in total. The molecule has 0 saturated heterocycles. The molecular weight excluding hydrogens is 309 g/mol. The Morgan fingerprint density at radius 2 is 1.92 bits per heavy atom. The summed E-state index contributed by atoms with van der Waals surface area (Å²) in [6, 6.07) is 6.28. The van der Waals surface area contributed by atoms with E-state index in [9.17, 15) is 4.39 Å². The summed E-state index contributed by atoms with van der Waals surface area (Å²) in [5.74, 6) is 0.217. The smallest absolute Gasteiger partial charge is 0.225 e. The fourth-order valence-electron chi connectivity index (χ4n) is 2.85. The first-order valence-electron chi connectivity index (χ1n) is 7.86. The van der Waals surface area contributed by atoms with Gasteiger partial charge in [0.05, 0.1) is 11.9 Å². The van der Waals surface area contributed by atoms with Crippen LogP contribution in [0.1, 0.15) is 25.7 Å². The van der Waals surface area contributed by atoms with E-state index < -0.39 is 0 Å². The maximum Gasteiger partial charge on any atom is 0.225 e. The van der Waals surface area contributed by atoms with Gasteiger partial charge in [0.25, 0.3) is 0 Å². The van der Waals surface area contributed by atoms with Crippen LogP contribution in [0.15, 0.2) is 30.5 Å². The summed E-state index contributed by atoms with van der Waals surface area (Å²) in [5.41, 5.74) is 2.65. The fraction of sp³-hybridized carbons (Fsp3) is 0.312. The fourth-order valence-corrected chi connectivity index (χ4v) is 2.85. The van der Waals surface area contributed by atoms with Crippen molar-refractivity contribution in [1.82, 2.24) is 25.0 Å². The average Bonchev–Trinajstić information content (AvgIpc) is 3.01. The second-order valence-corrected chi connectivity index (χ2v) is 5.90. The van der Waals surface area contributed by atoms with Crippen LogP contribution in [0.3, 0.4) is 0 Å². The minimum absolute atomic E-state index is 0.270. The minimum atomic E-state index is -0.303. The lowest BCUT2D eigenvalue weighted by Gasteiger charge is -2.23. The zero-order valence-electron chi connectivity index (χ0n) is 12.9. The van der Waals surface area contributed by atoms with Crippen molar-refractivity contribution in [2.24, 2.45) is 0 Å². The van der Waals surface area contributed by atoms with Crippen LogP contribution in [-0.2, 0) is 0 Å². The van der Waals surface area contributed by atoms with Crippen LogP contribution >= 0.6 is 0 Å². The average molecular weight is 325 g/mol. The Morgan fingerprint density at radius 3 is 2.67 bits per heavy atom. The molecule has 1 fully saturated rings. The molecule has 7 nitrogen and oxygen atoms in total. The third-order valence-electron chi connectivity index (χ3n) is 4.19. The van der Waals surface area contributed by atoms with Gasteiger partial charge in [0.2, 0.25) is 5.95 Å². The molecule has 0 spiro atoms. The normalized spacial score (nSPS) is 18.0. The van der Waals surface area contributed by atoms with Crippen LogP contribution < -0.4 is 5.32 Å². The second kappa shape index (κ2) is 5.95. The van der Waals surface area contributed by atoms with Crippen molar-refractivity contribution in [3.63, 3.8) is 0 Å². The summed E-state index contributed by atoms with van der Waals surface area (Å²) >= 11 is 0. The highest BCUT2D eigenvalue weighted by atomic mass is 19.1. The number of fused-ring (bicyclic) bond motifs is 1. The van der Waals surface area contributed by atoms with Gasteiger partial charge in [-0.25, -0.2) is 9.37 Å². The summed E-state index contributed by atoms with van der Waals surface area (Å²) in [5, 5.41) is 19.1. The number of hydrogen-bond donors (Lipinski definition) is 2. The molecule has 0 amide bonds. The van der Waals surface area contributed by atoms with Crippen molar-refractivity contribution in [2.75, 3.05) is 5.32 Å². The molecule has 1 aromatic carbocycles. The molecule has 2 heterocycles. The van der Waals surface area contributed by atoms with Gasteiger partial charge in [0, 0.05) is 11.8 Å². The van der Waals surface area contributed by atoms with Crippen molar-refractivity contribution in [2.45, 2.75) is 31.7 Å². The lowest BCUT2D eigenvalue weighted by Crippen LogP contribution is -2.26. The van der Waals surface area contributed by atoms with E-state index in [4.69, 9.17) is 5.41 Å². The van der Waals surface area contributed by atoms with Gasteiger partial charge in [-0.05, 0) is 49.9 Å². The standard InChI is InChI=1S/C16H16FN7/c17-10-1-7-13(8-2-10)24-15-14(22-23-24)9-19-16(21-15)20-12-5-3-11(18)4-6-12/h1-2,7-9,12,18H,3-6H2,(H,19,20,21). The molecule has 0 radical (unpaired) electrons. The SMILES string of the molecule is N=C1CCC(Nc2ncc3nnn(-c4ccc(F)cc4)c3n2)CC1. The van der Waals surface area contributed by atoms with Gasteiger partial charge in [0.1, 0.15) is 5.82 Å². The molecule has 3 aromatic rings. The van der Waals surface area contributed by atoms with E-state index in [1.54, 1.807) is 23.0 Å². The van der Waals surface area contributed by atoms with Crippen molar-refractivity contribution in [3.05, 3.63) is 36.3 Å². The number of rotatable bonds is 3. The van der Waals surface area contributed by atoms with Gasteiger partial charge < -0.3 is 10.7 Å². The Balaban J connectivity index is 1.63. The van der Waals surface area contributed by atoms with E-state index in [0.29, 0.717) is 22.8 Å². The Kier molecular flexibility index (Phi) is 3.64. The summed E-state index contributed by atoms with van der Waals surface area (Å²) in [4.78, 5) is 8.80. The van der Waals surface area contributed by atoms with Crippen molar-refractivity contribution < 1.29 is 4.39 Å². The van der Waals surface area contributed by atoms with Crippen LogP contribution in [0.25, 0.3) is 16.9 Å². The van der Waals surface area contributed by atoms with Crippen molar-refractivity contribution in [1.29, 1.82) is 5.41 Å². The van der Waals surface area contributed by atoms with Crippen molar-refractivity contribution >= 4 is 22.8 Å². The van der Waals surface area contributed by atoms with Crippen LogP contribution in [-0.4, -0.2) is 36.7 Å². The van der Waals surface area contributed by atoms with Crippen LogP contribution in [0, 0.1) is 11.2 Å². The molecule has 122 valence electrons. The first-order chi connectivity index (χ1) is 11.7. The number of benzene rings is 1. The Bertz CT molecular complexity index is 877. The first-order valence-corrected chi connectivity index (χ1v) is 7.86. The Hall–Kier alpha value is -2.90. The summed E-state index contributed by atoms with van der Waals surface area (Å²) < 4.78 is 14.7. The monoisotopic (exact) mass is 325 g/mol. The lowest BCUT2D eigenvalue weighted by atomic mass is 9.94. The number of nitrogens with one attached hydrogen (secondary N) is 2. The molecule has 0 bridgehead atoms. The molecule has 0 aliphatic heterocycles. The van der Waals surface area contributed by atoms with Gasteiger partial charge in [0.15, 0.2) is 11.2 Å². The van der Waals surface area contributed by atoms with E-state index >= 15 is 0 Å². The predicted molar refractivity (Wildman–Crippen MR) is 88.0 cm³/mol. The third-order valence-corrected chi connectivity index (χ3v) is 4.19. The van der Waals surface area contributed by atoms with E-state index in [1.165, 1.54) is 12.1 Å². The number of nitrogens with zero attached hydrogens (tertiary/aromatic N) is 5. The molecule has 0 unspecified atom stereocenters. The van der Waals surface area contributed by atoms with Crippen molar-refractivity contribution in [3.8, 4) is 5.69 Å². The maximum absolute atomic E-state index is 13.1. The molecular formula is C16H16FN7. The van der Waals surface area contributed by atoms with E-state index in [-0.39, 0.29) is 11.9 Å². The zero-order valence-corrected chi connectivity index (χ0v) is 12.9. The lowest BCUT2D eigenvalue weighted by molar-refractivity contribution is 0.586. The first kappa shape index (κ1) is 14.7. The summed E-state index contributed by atoms with van der Waals surface area (Å²) in [6.07, 6.45) is 5.08. The zero-order chi connectivity index (χ0) is 16.5. The second-order valence-electron chi connectivity index (χ2n) is 5.90. The largest absolute Gasteiger partial charge is 0.351 e. The summed E-state index contributed by atoms with van der Waals surface area (Å²) in [6.45, 7) is 0. The number of halogens is 1. The van der Waals surface area contributed by atoms with Crippen LogP contribution in [0.4, 0.5) is 10.3 Å². The van der Waals surface area contributed by atoms with Crippen LogP contribution in [0.5, 0.6) is 0 Å². The molecule has 1 aliphatic rings. The Labute approximate surface area is 137 Å². The van der Waals surface area contributed by atoms with Gasteiger partial charge in [-0.15, -0.1) is 5.10 Å². The predicted octanol–water partition coefficient (Wildman–Crippen LogP) is 2.72. The third kappa shape index (κ3) is 2.82. The molecule has 4 rings (SSSR count). The topological polar surface area (TPSA) is 92.4 Å². The quantitative estimate of drug-likeness (QED) is 0.772. The number of anilines is 1. The molecule has 2 aromatic heterocycles.